The van der Waals surface area contributed by atoms with Crippen molar-refractivity contribution in [3.8, 4) is 0 Å². The van der Waals surface area contributed by atoms with E-state index in [9.17, 15) is 9.18 Å². The summed E-state index contributed by atoms with van der Waals surface area (Å²) in [6.45, 7) is 1.35. The summed E-state index contributed by atoms with van der Waals surface area (Å²) in [4.78, 5) is 14.1. The van der Waals surface area contributed by atoms with Crippen molar-refractivity contribution >= 4 is 28.1 Å². The fourth-order valence-corrected chi connectivity index (χ4v) is 2.97. The molecule has 0 radical (unpaired) electrons. The predicted octanol–water partition coefficient (Wildman–Crippen LogP) is 2.53. The van der Waals surface area contributed by atoms with Crippen LogP contribution in [0.4, 0.5) is 15.2 Å². The fraction of sp³-hybridized carbons (Fsp3) is 0.357. The van der Waals surface area contributed by atoms with Gasteiger partial charge in [0.15, 0.2) is 0 Å². The van der Waals surface area contributed by atoms with Crippen molar-refractivity contribution in [1.82, 2.24) is 10.2 Å². The Morgan fingerprint density at radius 1 is 1.33 bits per heavy atom. The van der Waals surface area contributed by atoms with Crippen LogP contribution in [0.5, 0.6) is 0 Å². The molecule has 0 unspecified atom stereocenters. The van der Waals surface area contributed by atoms with Crippen LogP contribution in [0.2, 0.25) is 0 Å². The van der Waals surface area contributed by atoms with E-state index in [1.807, 2.05) is 11.0 Å². The molecule has 0 spiro atoms. The van der Waals surface area contributed by atoms with Gasteiger partial charge in [0, 0.05) is 19.0 Å². The highest BCUT2D eigenvalue weighted by atomic mass is 32.1. The van der Waals surface area contributed by atoms with Gasteiger partial charge in [-0.2, -0.15) is 0 Å². The topological polar surface area (TPSA) is 58.1 Å². The number of rotatable bonds is 3. The average molecular weight is 306 g/mol. The summed E-state index contributed by atoms with van der Waals surface area (Å²) in [5, 5.41) is 10.8. The standard InChI is InChI=1S/C14H15FN4OS/c15-11-3-1-2-4-12(11)19-7-5-10(6-8-19)13(20)17-14-18-16-9-21-14/h1-4,9-10H,5-8H2,(H,17,18,20). The third-order valence-corrected chi connectivity index (χ3v) is 4.26. The Morgan fingerprint density at radius 2 is 2.10 bits per heavy atom. The van der Waals surface area contributed by atoms with Crippen LogP contribution in [-0.4, -0.2) is 29.2 Å². The number of hydrogen-bond donors (Lipinski definition) is 1. The van der Waals surface area contributed by atoms with Crippen molar-refractivity contribution in [1.29, 1.82) is 0 Å². The van der Waals surface area contributed by atoms with Crippen LogP contribution >= 0.6 is 11.3 Å². The number of carbonyl (C=O) groups is 1. The Kier molecular flexibility index (Phi) is 4.10. The molecule has 1 saturated heterocycles. The van der Waals surface area contributed by atoms with Crippen LogP contribution in [0.25, 0.3) is 0 Å². The molecule has 3 rings (SSSR count). The maximum absolute atomic E-state index is 13.7. The molecule has 1 aromatic carbocycles. The number of halogens is 1. The molecule has 1 N–H and O–H groups in total. The monoisotopic (exact) mass is 306 g/mol. The minimum atomic E-state index is -0.214. The lowest BCUT2D eigenvalue weighted by Gasteiger charge is -2.33. The first-order chi connectivity index (χ1) is 10.2. The summed E-state index contributed by atoms with van der Waals surface area (Å²) < 4.78 is 13.7. The molecule has 1 fully saturated rings. The summed E-state index contributed by atoms with van der Waals surface area (Å²) in [7, 11) is 0. The SMILES string of the molecule is O=C(Nc1nncs1)C1CCN(c2ccccc2F)CC1. The van der Waals surface area contributed by atoms with Gasteiger partial charge in [-0.1, -0.05) is 23.5 Å². The van der Waals surface area contributed by atoms with Gasteiger partial charge in [0.1, 0.15) is 11.3 Å². The summed E-state index contributed by atoms with van der Waals surface area (Å²) in [5.74, 6) is -0.300. The lowest BCUT2D eigenvalue weighted by Crippen LogP contribution is -2.38. The van der Waals surface area contributed by atoms with Gasteiger partial charge in [0.25, 0.3) is 0 Å². The van der Waals surface area contributed by atoms with Crippen LogP contribution in [0.3, 0.4) is 0 Å². The Labute approximate surface area is 125 Å². The normalized spacial score (nSPS) is 16.0. The van der Waals surface area contributed by atoms with E-state index in [0.717, 1.165) is 0 Å². The van der Waals surface area contributed by atoms with Crippen LogP contribution in [0, 0.1) is 11.7 Å². The molecule has 1 aromatic heterocycles. The van der Waals surface area contributed by atoms with E-state index in [1.165, 1.54) is 17.4 Å². The van der Waals surface area contributed by atoms with Crippen molar-refractivity contribution in [2.24, 2.45) is 5.92 Å². The lowest BCUT2D eigenvalue weighted by atomic mass is 9.95. The van der Waals surface area contributed by atoms with E-state index in [1.54, 1.807) is 17.6 Å². The molecule has 1 amide bonds. The van der Waals surface area contributed by atoms with Gasteiger partial charge >= 0.3 is 0 Å². The fourth-order valence-electron chi connectivity index (χ4n) is 2.53. The maximum Gasteiger partial charge on any atom is 0.229 e. The molecule has 7 heteroatoms. The second-order valence-electron chi connectivity index (χ2n) is 4.95. The van der Waals surface area contributed by atoms with Gasteiger partial charge < -0.3 is 10.2 Å². The number of nitrogens with one attached hydrogen (secondary N) is 1. The highest BCUT2D eigenvalue weighted by molar-refractivity contribution is 7.13. The van der Waals surface area contributed by atoms with Crippen molar-refractivity contribution in [2.45, 2.75) is 12.8 Å². The molecule has 2 heterocycles. The Balaban J connectivity index is 1.58. The molecule has 0 bridgehead atoms. The van der Waals surface area contributed by atoms with E-state index in [-0.39, 0.29) is 17.6 Å². The molecular weight excluding hydrogens is 291 g/mol. The number of para-hydroxylation sites is 1. The summed E-state index contributed by atoms with van der Waals surface area (Å²) >= 11 is 1.30. The molecular formula is C14H15FN4OS. The zero-order valence-corrected chi connectivity index (χ0v) is 12.1. The Morgan fingerprint density at radius 3 is 2.76 bits per heavy atom. The average Bonchev–Trinajstić information content (AvgIpc) is 3.01. The van der Waals surface area contributed by atoms with Gasteiger partial charge in [-0.3, -0.25) is 4.79 Å². The van der Waals surface area contributed by atoms with E-state index < -0.39 is 0 Å². The van der Waals surface area contributed by atoms with Crippen molar-refractivity contribution in [2.75, 3.05) is 23.3 Å². The Hall–Kier alpha value is -2.02. The minimum Gasteiger partial charge on any atom is -0.369 e. The molecule has 0 aliphatic carbocycles. The molecule has 110 valence electrons. The summed E-state index contributed by atoms with van der Waals surface area (Å²) in [6.07, 6.45) is 1.41. The van der Waals surface area contributed by atoms with Crippen LogP contribution in [-0.2, 0) is 4.79 Å². The van der Waals surface area contributed by atoms with Crippen molar-refractivity contribution in [3.05, 3.63) is 35.6 Å². The van der Waals surface area contributed by atoms with E-state index in [4.69, 9.17) is 0 Å². The van der Waals surface area contributed by atoms with Crippen LogP contribution in [0.1, 0.15) is 12.8 Å². The quantitative estimate of drug-likeness (QED) is 0.946. The third-order valence-electron chi connectivity index (χ3n) is 3.65. The number of amides is 1. The first-order valence-corrected chi connectivity index (χ1v) is 7.68. The summed E-state index contributed by atoms with van der Waals surface area (Å²) in [6, 6.07) is 6.74. The molecule has 5 nitrogen and oxygen atoms in total. The number of hydrogen-bond acceptors (Lipinski definition) is 5. The maximum atomic E-state index is 13.7. The molecule has 1 aliphatic heterocycles. The first-order valence-electron chi connectivity index (χ1n) is 6.80. The number of benzene rings is 1. The second kappa shape index (κ2) is 6.17. The van der Waals surface area contributed by atoms with E-state index in [2.05, 4.69) is 15.5 Å². The number of anilines is 2. The molecule has 0 saturated carbocycles. The number of nitrogens with zero attached hydrogens (tertiary/aromatic N) is 3. The van der Waals surface area contributed by atoms with Crippen molar-refractivity contribution < 1.29 is 9.18 Å². The van der Waals surface area contributed by atoms with Crippen LogP contribution in [0.15, 0.2) is 29.8 Å². The van der Waals surface area contributed by atoms with E-state index >= 15 is 0 Å². The zero-order valence-electron chi connectivity index (χ0n) is 11.3. The summed E-state index contributed by atoms with van der Waals surface area (Å²) in [5.41, 5.74) is 2.19. The van der Waals surface area contributed by atoms with Gasteiger partial charge in [0.2, 0.25) is 11.0 Å². The van der Waals surface area contributed by atoms with Gasteiger partial charge in [-0.05, 0) is 25.0 Å². The molecule has 2 aromatic rings. The van der Waals surface area contributed by atoms with Crippen LogP contribution < -0.4 is 10.2 Å². The predicted molar refractivity (Wildman–Crippen MR) is 79.9 cm³/mol. The van der Waals surface area contributed by atoms with Crippen molar-refractivity contribution in [3.63, 3.8) is 0 Å². The Bertz CT molecular complexity index is 611. The highest BCUT2D eigenvalue weighted by Crippen LogP contribution is 2.26. The zero-order chi connectivity index (χ0) is 14.7. The minimum absolute atomic E-state index is 0.0278. The van der Waals surface area contributed by atoms with Gasteiger partial charge in [-0.25, -0.2) is 4.39 Å². The number of piperidine rings is 1. The molecule has 1 aliphatic rings. The molecule has 21 heavy (non-hydrogen) atoms. The first kappa shape index (κ1) is 13.9. The highest BCUT2D eigenvalue weighted by Gasteiger charge is 2.26. The third kappa shape index (κ3) is 3.18. The van der Waals surface area contributed by atoms with Gasteiger partial charge in [-0.15, -0.1) is 10.2 Å². The van der Waals surface area contributed by atoms with E-state index in [0.29, 0.717) is 36.8 Å². The molecule has 0 atom stereocenters. The smallest absolute Gasteiger partial charge is 0.229 e. The number of carbonyl (C=O) groups excluding carboxylic acids is 1. The lowest BCUT2D eigenvalue weighted by molar-refractivity contribution is -0.120. The number of aromatic nitrogens is 2. The van der Waals surface area contributed by atoms with Gasteiger partial charge in [0.05, 0.1) is 5.69 Å². The largest absolute Gasteiger partial charge is 0.369 e. The second-order valence-corrected chi connectivity index (χ2v) is 5.78.